The first-order valence-electron chi connectivity index (χ1n) is 7.85. The lowest BCUT2D eigenvalue weighted by Gasteiger charge is -2.11. The van der Waals surface area contributed by atoms with Crippen LogP contribution in [0.3, 0.4) is 0 Å². The molecule has 3 rings (SSSR count). The number of methoxy groups -OCH3 is 3. The molecule has 0 spiro atoms. The van der Waals surface area contributed by atoms with E-state index in [0.717, 1.165) is 6.26 Å². The fourth-order valence-electron chi connectivity index (χ4n) is 2.68. The maximum atomic E-state index is 12.6. The van der Waals surface area contributed by atoms with Gasteiger partial charge in [0.1, 0.15) is 28.2 Å². The summed E-state index contributed by atoms with van der Waals surface area (Å²) in [5.41, 5.74) is 0.598. The first-order valence-corrected chi connectivity index (χ1v) is 7.85. The quantitative estimate of drug-likeness (QED) is 0.472. The van der Waals surface area contributed by atoms with E-state index in [1.54, 1.807) is 18.2 Å². The highest BCUT2D eigenvalue weighted by molar-refractivity contribution is 5.86. The molecule has 28 heavy (non-hydrogen) atoms. The third-order valence-electron chi connectivity index (χ3n) is 3.90. The zero-order chi connectivity index (χ0) is 19.4. The van der Waals surface area contributed by atoms with Crippen molar-refractivity contribution in [3.63, 3.8) is 0 Å². The number of rotatable bonds is 6. The number of hydrogen-bond donors (Lipinski definition) is 0. The normalized spacial score (nSPS) is 9.82. The van der Waals surface area contributed by atoms with Gasteiger partial charge >= 0.3 is 0 Å². The molecule has 0 aliphatic rings. The predicted octanol–water partition coefficient (Wildman–Crippen LogP) is 2.39. The number of fused-ring (bicyclic) bond motifs is 1. The van der Waals surface area contributed by atoms with Gasteiger partial charge in [-0.25, -0.2) is 4.79 Å². The van der Waals surface area contributed by atoms with Crippen LogP contribution in [0.2, 0.25) is 0 Å². The van der Waals surface area contributed by atoms with Crippen molar-refractivity contribution in [3.05, 3.63) is 52.9 Å². The minimum atomic E-state index is -0.282. The maximum Gasteiger partial charge on any atom is 0.197 e. The first kappa shape index (κ1) is 20.6. The molecule has 0 atom stereocenters. The van der Waals surface area contributed by atoms with E-state index in [1.165, 1.54) is 45.5 Å². The second-order valence-electron chi connectivity index (χ2n) is 5.40. The second-order valence-corrected chi connectivity index (χ2v) is 5.40. The summed E-state index contributed by atoms with van der Waals surface area (Å²) in [5, 5.41) is 0.268. The van der Waals surface area contributed by atoms with E-state index >= 15 is 0 Å². The summed E-state index contributed by atoms with van der Waals surface area (Å²) < 4.78 is 26.8. The number of carbonyl (C=O) groups excluding carboxylic acids is 1. The molecule has 0 saturated carbocycles. The van der Waals surface area contributed by atoms with Gasteiger partial charge in [0.25, 0.3) is 0 Å². The summed E-state index contributed by atoms with van der Waals surface area (Å²) in [6, 6.07) is 9.53. The van der Waals surface area contributed by atoms with Crippen LogP contribution in [0.4, 0.5) is 0 Å². The number of ether oxygens (including phenoxy) is 4. The van der Waals surface area contributed by atoms with Crippen molar-refractivity contribution in [1.82, 2.24) is 0 Å². The number of benzene rings is 2. The van der Waals surface area contributed by atoms with Gasteiger partial charge in [0.05, 0.1) is 21.3 Å². The Bertz CT molecular complexity index is 1090. The smallest absolute Gasteiger partial charge is 0.197 e. The van der Waals surface area contributed by atoms with Gasteiger partial charge in [-0.3, -0.25) is 4.79 Å². The minimum Gasteiger partial charge on any atom is -0.496 e. The Hall–Kier alpha value is -3.74. The van der Waals surface area contributed by atoms with E-state index in [4.69, 9.17) is 23.4 Å². The molecule has 2 N–H and O–H groups in total. The Kier molecular flexibility index (Phi) is 6.44. The Morgan fingerprint density at radius 3 is 2.29 bits per heavy atom. The average Bonchev–Trinajstić information content (AvgIpc) is 2.70. The fourth-order valence-corrected chi connectivity index (χ4v) is 2.68. The third kappa shape index (κ3) is 3.83. The highest BCUT2D eigenvalue weighted by Gasteiger charge is 2.15. The average molecular weight is 386 g/mol. The van der Waals surface area contributed by atoms with Crippen molar-refractivity contribution in [2.24, 2.45) is 0 Å². The molecule has 0 aliphatic carbocycles. The van der Waals surface area contributed by atoms with Crippen molar-refractivity contribution in [2.75, 3.05) is 21.3 Å². The second kappa shape index (κ2) is 8.77. The van der Waals surface area contributed by atoms with Gasteiger partial charge in [0.15, 0.2) is 29.1 Å². The van der Waals surface area contributed by atoms with Gasteiger partial charge in [0.2, 0.25) is 0 Å². The summed E-state index contributed by atoms with van der Waals surface area (Å²) in [7, 11) is 4.48. The molecule has 2 aromatic carbocycles. The lowest BCUT2D eigenvalue weighted by Crippen LogP contribution is -2.03. The van der Waals surface area contributed by atoms with Gasteiger partial charge < -0.3 is 28.8 Å². The van der Waals surface area contributed by atoms with Crippen molar-refractivity contribution < 1.29 is 33.6 Å². The van der Waals surface area contributed by atoms with Gasteiger partial charge in [0, 0.05) is 23.8 Å². The molecule has 0 radical (unpaired) electrons. The van der Waals surface area contributed by atoms with Gasteiger partial charge in [-0.15, -0.1) is 0 Å². The van der Waals surface area contributed by atoms with Gasteiger partial charge in [-0.05, 0) is 18.2 Å². The van der Waals surface area contributed by atoms with E-state index in [9.17, 15) is 9.59 Å². The van der Waals surface area contributed by atoms with E-state index in [2.05, 4.69) is 0 Å². The van der Waals surface area contributed by atoms with Gasteiger partial charge in [-0.1, -0.05) is 0 Å². The van der Waals surface area contributed by atoms with Crippen molar-refractivity contribution in [1.29, 1.82) is 0 Å². The summed E-state index contributed by atoms with van der Waals surface area (Å²) in [5.74, 6) is 3.46. The van der Waals surface area contributed by atoms with E-state index < -0.39 is 0 Å². The van der Waals surface area contributed by atoms with Crippen LogP contribution in [-0.4, -0.2) is 32.7 Å². The minimum absolute atomic E-state index is 0. The van der Waals surface area contributed by atoms with E-state index in [0.29, 0.717) is 22.8 Å². The van der Waals surface area contributed by atoms with Crippen LogP contribution in [0.5, 0.6) is 23.0 Å². The van der Waals surface area contributed by atoms with Crippen molar-refractivity contribution in [3.8, 4) is 34.3 Å². The van der Waals surface area contributed by atoms with Crippen molar-refractivity contribution in [2.45, 2.75) is 0 Å². The molecule has 3 aromatic rings. The molecule has 0 amide bonds. The Labute approximate surface area is 159 Å². The number of hydrogen-bond acceptors (Lipinski definition) is 7. The molecule has 0 fully saturated rings. The molecule has 0 bridgehead atoms. The lowest BCUT2D eigenvalue weighted by molar-refractivity contribution is 0.355. The zero-order valence-corrected chi connectivity index (χ0v) is 15.4. The first-order chi connectivity index (χ1) is 13.1. The van der Waals surface area contributed by atoms with Crippen LogP contribution in [-0.2, 0) is 4.79 Å². The third-order valence-corrected chi connectivity index (χ3v) is 3.90. The van der Waals surface area contributed by atoms with Crippen LogP contribution in [0.1, 0.15) is 0 Å². The summed E-state index contributed by atoms with van der Waals surface area (Å²) in [6.45, 7) is 0. The SMILES string of the molecule is COc1ccc(-c2cc(=O)c3c(OC)cc(OC=C=O)cc3o2)cc1OC.O. The maximum absolute atomic E-state index is 12.6. The monoisotopic (exact) mass is 386 g/mol. The molecule has 1 heterocycles. The standard InChI is InChI=1S/C20H16O7.H2O/c1-23-15-5-4-12(8-17(15)24-2)16-11-14(22)20-18(25-3)9-13(26-7-6-21)10-19(20)27-16;/h4-5,7-11H,1-3H3;1H2. The molecule has 8 nitrogen and oxygen atoms in total. The predicted molar refractivity (Wildman–Crippen MR) is 102 cm³/mol. The molecular weight excluding hydrogens is 368 g/mol. The molecule has 0 aliphatic heterocycles. The van der Waals surface area contributed by atoms with Crippen LogP contribution < -0.4 is 24.4 Å². The Morgan fingerprint density at radius 2 is 1.64 bits per heavy atom. The fraction of sp³-hybridized carbons (Fsp3) is 0.150. The molecule has 1 aromatic heterocycles. The van der Waals surface area contributed by atoms with Crippen molar-refractivity contribution >= 4 is 16.9 Å². The molecule has 0 saturated heterocycles. The van der Waals surface area contributed by atoms with Gasteiger partial charge in [-0.2, -0.15) is 0 Å². The van der Waals surface area contributed by atoms with E-state index in [-0.39, 0.29) is 33.4 Å². The topological polar surface area (TPSA) is 116 Å². The molecular formula is C20H18O8. The van der Waals surface area contributed by atoms with E-state index in [1.807, 2.05) is 0 Å². The Balaban J connectivity index is 0.00000280. The van der Waals surface area contributed by atoms with Crippen LogP contribution in [0.25, 0.3) is 22.3 Å². The largest absolute Gasteiger partial charge is 0.496 e. The van der Waals surface area contributed by atoms with Crippen LogP contribution in [0, 0.1) is 0 Å². The highest BCUT2D eigenvalue weighted by atomic mass is 16.5. The molecule has 0 unspecified atom stereocenters. The summed E-state index contributed by atoms with van der Waals surface area (Å²) in [4.78, 5) is 23.0. The molecule has 146 valence electrons. The zero-order valence-electron chi connectivity index (χ0n) is 15.4. The highest BCUT2D eigenvalue weighted by Crippen LogP contribution is 2.35. The Morgan fingerprint density at radius 1 is 0.929 bits per heavy atom. The van der Waals surface area contributed by atoms with Crippen LogP contribution >= 0.6 is 0 Å². The van der Waals surface area contributed by atoms with Crippen LogP contribution in [0.15, 0.2) is 51.9 Å². The summed E-state index contributed by atoms with van der Waals surface area (Å²) in [6.07, 6.45) is 0.858. The summed E-state index contributed by atoms with van der Waals surface area (Å²) >= 11 is 0. The molecule has 8 heteroatoms. The lowest BCUT2D eigenvalue weighted by atomic mass is 10.1.